The van der Waals surface area contributed by atoms with Crippen LogP contribution in [0.3, 0.4) is 0 Å². The number of aryl methyl sites for hydroxylation is 1. The van der Waals surface area contributed by atoms with Crippen molar-refractivity contribution < 1.29 is 0 Å². The van der Waals surface area contributed by atoms with Crippen LogP contribution >= 0.6 is 15.9 Å². The van der Waals surface area contributed by atoms with Crippen molar-refractivity contribution >= 4 is 15.9 Å². The summed E-state index contributed by atoms with van der Waals surface area (Å²) >= 11 is 3.46. The minimum Gasteiger partial charge on any atom is -0.252 e. The van der Waals surface area contributed by atoms with E-state index in [2.05, 4.69) is 33.2 Å². The van der Waals surface area contributed by atoms with Gasteiger partial charge in [-0.1, -0.05) is 28.1 Å². The molecule has 1 aromatic rings. The summed E-state index contributed by atoms with van der Waals surface area (Å²) in [7, 11) is 1.90. The summed E-state index contributed by atoms with van der Waals surface area (Å²) in [4.78, 5) is 0.490. The van der Waals surface area contributed by atoms with Crippen LogP contribution in [0.5, 0.6) is 0 Å². The SMILES string of the molecule is CC(Br)Cc1cnnn1C. The first-order valence-corrected chi connectivity index (χ1v) is 4.09. The van der Waals surface area contributed by atoms with Gasteiger partial charge in [-0.25, -0.2) is 0 Å². The molecule has 10 heavy (non-hydrogen) atoms. The second-order valence-corrected chi connectivity index (χ2v) is 3.90. The molecule has 4 heteroatoms. The van der Waals surface area contributed by atoms with Crippen molar-refractivity contribution in [3.05, 3.63) is 11.9 Å². The Morgan fingerprint density at radius 2 is 2.50 bits per heavy atom. The van der Waals surface area contributed by atoms with Crippen LogP contribution in [-0.4, -0.2) is 19.8 Å². The van der Waals surface area contributed by atoms with Crippen LogP contribution in [0, 0.1) is 0 Å². The molecular formula is C6H10BrN3. The van der Waals surface area contributed by atoms with E-state index in [0.717, 1.165) is 12.1 Å². The Hall–Kier alpha value is -0.380. The second-order valence-electron chi connectivity index (χ2n) is 2.33. The molecule has 0 fully saturated rings. The normalized spacial score (nSPS) is 13.5. The summed E-state index contributed by atoms with van der Waals surface area (Å²) in [5, 5.41) is 7.58. The van der Waals surface area contributed by atoms with Crippen molar-refractivity contribution in [2.24, 2.45) is 7.05 Å². The molecule has 1 unspecified atom stereocenters. The predicted octanol–water partition coefficient (Wildman–Crippen LogP) is 1.14. The molecule has 0 saturated carbocycles. The van der Waals surface area contributed by atoms with E-state index in [4.69, 9.17) is 0 Å². The number of hydrogen-bond acceptors (Lipinski definition) is 2. The van der Waals surface area contributed by atoms with Gasteiger partial charge in [0.1, 0.15) is 0 Å². The van der Waals surface area contributed by atoms with Crippen LogP contribution in [0.15, 0.2) is 6.20 Å². The van der Waals surface area contributed by atoms with Crippen LogP contribution in [0.25, 0.3) is 0 Å². The van der Waals surface area contributed by atoms with E-state index >= 15 is 0 Å². The standard InChI is InChI=1S/C6H10BrN3/c1-5(7)3-6-4-8-9-10(6)2/h4-5H,3H2,1-2H3. The molecular weight excluding hydrogens is 194 g/mol. The largest absolute Gasteiger partial charge is 0.252 e. The fraction of sp³-hybridized carbons (Fsp3) is 0.667. The molecule has 0 aliphatic rings. The molecule has 0 spiro atoms. The summed E-state index contributed by atoms with van der Waals surface area (Å²) in [6.45, 7) is 2.10. The Bertz CT molecular complexity index is 207. The lowest BCUT2D eigenvalue weighted by molar-refractivity contribution is 0.673. The summed E-state index contributed by atoms with van der Waals surface area (Å²) in [6, 6.07) is 0. The zero-order valence-corrected chi connectivity index (χ0v) is 7.67. The minimum atomic E-state index is 0.490. The van der Waals surface area contributed by atoms with E-state index in [1.165, 1.54) is 0 Å². The molecule has 3 nitrogen and oxygen atoms in total. The lowest BCUT2D eigenvalue weighted by atomic mass is 10.3. The molecule has 1 rings (SSSR count). The third kappa shape index (κ3) is 1.80. The van der Waals surface area contributed by atoms with Gasteiger partial charge in [0.05, 0.1) is 11.9 Å². The van der Waals surface area contributed by atoms with Crippen molar-refractivity contribution in [3.8, 4) is 0 Å². The highest BCUT2D eigenvalue weighted by molar-refractivity contribution is 9.09. The number of aromatic nitrogens is 3. The van der Waals surface area contributed by atoms with E-state index in [1.807, 2.05) is 7.05 Å². The molecule has 0 aliphatic heterocycles. The maximum atomic E-state index is 3.82. The lowest BCUT2D eigenvalue weighted by Crippen LogP contribution is -2.03. The van der Waals surface area contributed by atoms with Gasteiger partial charge in [-0.3, -0.25) is 4.68 Å². The van der Waals surface area contributed by atoms with Gasteiger partial charge in [-0.2, -0.15) is 0 Å². The molecule has 0 bridgehead atoms. The van der Waals surface area contributed by atoms with Gasteiger partial charge in [-0.05, 0) is 0 Å². The fourth-order valence-electron chi connectivity index (χ4n) is 0.784. The van der Waals surface area contributed by atoms with E-state index in [9.17, 15) is 0 Å². The monoisotopic (exact) mass is 203 g/mol. The molecule has 0 aromatic carbocycles. The molecule has 0 N–H and O–H groups in total. The van der Waals surface area contributed by atoms with E-state index in [1.54, 1.807) is 10.9 Å². The molecule has 0 radical (unpaired) electrons. The first-order valence-electron chi connectivity index (χ1n) is 3.18. The third-order valence-electron chi connectivity index (χ3n) is 1.30. The van der Waals surface area contributed by atoms with Crippen LogP contribution in [0.2, 0.25) is 0 Å². The predicted molar refractivity (Wildman–Crippen MR) is 43.1 cm³/mol. The van der Waals surface area contributed by atoms with Gasteiger partial charge in [0.15, 0.2) is 0 Å². The zero-order valence-electron chi connectivity index (χ0n) is 6.08. The Labute approximate surface area is 68.6 Å². The van der Waals surface area contributed by atoms with Crippen molar-refractivity contribution in [3.63, 3.8) is 0 Å². The first-order chi connectivity index (χ1) is 4.70. The number of halogens is 1. The van der Waals surface area contributed by atoms with Crippen molar-refractivity contribution in [1.82, 2.24) is 15.0 Å². The number of rotatable bonds is 2. The zero-order chi connectivity index (χ0) is 7.56. The summed E-state index contributed by atoms with van der Waals surface area (Å²) < 4.78 is 1.79. The average Bonchev–Trinajstić information content (AvgIpc) is 2.15. The van der Waals surface area contributed by atoms with Crippen molar-refractivity contribution in [1.29, 1.82) is 0 Å². The smallest absolute Gasteiger partial charge is 0.0725 e. The second kappa shape index (κ2) is 3.14. The molecule has 1 atom stereocenters. The Balaban J connectivity index is 2.65. The van der Waals surface area contributed by atoms with E-state index in [-0.39, 0.29) is 0 Å². The molecule has 0 amide bonds. The summed E-state index contributed by atoms with van der Waals surface area (Å²) in [5.41, 5.74) is 1.16. The Morgan fingerprint density at radius 3 is 2.90 bits per heavy atom. The Morgan fingerprint density at radius 1 is 1.80 bits per heavy atom. The van der Waals surface area contributed by atoms with Gasteiger partial charge >= 0.3 is 0 Å². The highest BCUT2D eigenvalue weighted by Crippen LogP contribution is 2.05. The minimum absolute atomic E-state index is 0.490. The molecule has 0 saturated heterocycles. The number of hydrogen-bond donors (Lipinski definition) is 0. The van der Waals surface area contributed by atoms with Crippen LogP contribution in [0.1, 0.15) is 12.6 Å². The highest BCUT2D eigenvalue weighted by Gasteiger charge is 2.02. The average molecular weight is 204 g/mol. The summed E-state index contributed by atoms with van der Waals surface area (Å²) in [6.07, 6.45) is 2.77. The van der Waals surface area contributed by atoms with E-state index < -0.39 is 0 Å². The third-order valence-corrected chi connectivity index (χ3v) is 1.62. The van der Waals surface area contributed by atoms with Crippen LogP contribution < -0.4 is 0 Å². The molecule has 1 aromatic heterocycles. The molecule has 56 valence electrons. The van der Waals surface area contributed by atoms with Gasteiger partial charge in [0.25, 0.3) is 0 Å². The fourth-order valence-corrected chi connectivity index (χ4v) is 1.12. The van der Waals surface area contributed by atoms with E-state index in [0.29, 0.717) is 4.83 Å². The molecule has 1 heterocycles. The lowest BCUT2D eigenvalue weighted by Gasteiger charge is -2.00. The van der Waals surface area contributed by atoms with Crippen LogP contribution in [-0.2, 0) is 13.5 Å². The number of nitrogens with zero attached hydrogens (tertiary/aromatic N) is 3. The van der Waals surface area contributed by atoms with Crippen molar-refractivity contribution in [2.45, 2.75) is 18.2 Å². The summed E-state index contributed by atoms with van der Waals surface area (Å²) in [5.74, 6) is 0. The quantitative estimate of drug-likeness (QED) is 0.676. The van der Waals surface area contributed by atoms with Gasteiger partial charge in [-0.15, -0.1) is 5.10 Å². The molecule has 0 aliphatic carbocycles. The maximum absolute atomic E-state index is 3.82. The number of alkyl halides is 1. The Kier molecular flexibility index (Phi) is 2.43. The highest BCUT2D eigenvalue weighted by atomic mass is 79.9. The van der Waals surface area contributed by atoms with Crippen LogP contribution in [0.4, 0.5) is 0 Å². The van der Waals surface area contributed by atoms with Gasteiger partial charge < -0.3 is 0 Å². The van der Waals surface area contributed by atoms with Crippen molar-refractivity contribution in [2.75, 3.05) is 0 Å². The van der Waals surface area contributed by atoms with Gasteiger partial charge in [0, 0.05) is 18.3 Å². The maximum Gasteiger partial charge on any atom is 0.0725 e. The topological polar surface area (TPSA) is 30.7 Å². The van der Waals surface area contributed by atoms with Gasteiger partial charge in [0.2, 0.25) is 0 Å². The first kappa shape index (κ1) is 7.72.